The summed E-state index contributed by atoms with van der Waals surface area (Å²) in [6, 6.07) is 17.5. The number of amides is 2. The number of aromatic nitrogens is 2. The van der Waals surface area contributed by atoms with Crippen LogP contribution in [0.25, 0.3) is 5.69 Å². The van der Waals surface area contributed by atoms with Crippen molar-refractivity contribution in [3.63, 3.8) is 0 Å². The number of imide groups is 1. The van der Waals surface area contributed by atoms with Gasteiger partial charge in [-0.3, -0.25) is 14.1 Å². The van der Waals surface area contributed by atoms with E-state index in [1.54, 1.807) is 54.6 Å². The Bertz CT molecular complexity index is 1210. The molecule has 1 fully saturated rings. The zero-order chi connectivity index (χ0) is 20.2. The number of aromatic amines is 1. The summed E-state index contributed by atoms with van der Waals surface area (Å²) in [5.74, 6) is -2.13. The molecule has 2 amide bonds. The molecule has 0 saturated carbocycles. The van der Waals surface area contributed by atoms with Crippen molar-refractivity contribution in [2.75, 3.05) is 4.90 Å². The second-order valence-corrected chi connectivity index (χ2v) is 6.92. The predicted molar refractivity (Wildman–Crippen MR) is 99.3 cm³/mol. The van der Waals surface area contributed by atoms with Gasteiger partial charge in [0, 0.05) is 12.1 Å². The molecule has 2 unspecified atom stereocenters. The number of para-hydroxylation sites is 2. The first-order valence-electron chi connectivity index (χ1n) is 8.91. The second-order valence-electron chi connectivity index (χ2n) is 6.92. The minimum atomic E-state index is -1.54. The van der Waals surface area contributed by atoms with Crippen molar-refractivity contribution in [3.8, 4) is 5.69 Å². The van der Waals surface area contributed by atoms with Gasteiger partial charge < -0.3 is 4.84 Å². The number of hydrogen-bond acceptors (Lipinski definition) is 6. The van der Waals surface area contributed by atoms with Crippen molar-refractivity contribution in [1.82, 2.24) is 5.27 Å². The lowest BCUT2D eigenvalue weighted by Gasteiger charge is -2.18. The molecule has 1 saturated heterocycles. The molecule has 2 atom stereocenters. The molecule has 2 aromatic carbocycles. The molecule has 1 aromatic heterocycles. The van der Waals surface area contributed by atoms with Crippen LogP contribution < -0.4 is 15.2 Å². The smallest absolute Gasteiger partial charge is 0.378 e. The molecule has 5 rings (SSSR count). The second kappa shape index (κ2) is 5.99. The maximum atomic E-state index is 13.3. The Labute approximate surface area is 163 Å². The quantitative estimate of drug-likeness (QED) is 0.528. The minimum Gasteiger partial charge on any atom is -0.378 e. The number of benzene rings is 2. The zero-order valence-electron chi connectivity index (χ0n) is 15.2. The monoisotopic (exact) mass is 391 g/mol. The summed E-state index contributed by atoms with van der Waals surface area (Å²) in [5, 5.41) is 6.47. The first-order chi connectivity index (χ1) is 14.0. The van der Waals surface area contributed by atoms with E-state index in [0.29, 0.717) is 11.4 Å². The van der Waals surface area contributed by atoms with E-state index in [9.17, 15) is 14.4 Å². The van der Waals surface area contributed by atoms with Gasteiger partial charge in [0.05, 0.1) is 5.69 Å². The number of anilines is 1. The molecule has 9 heteroatoms. The fourth-order valence-corrected chi connectivity index (χ4v) is 3.73. The first kappa shape index (κ1) is 17.1. The lowest BCUT2D eigenvalue weighted by Crippen LogP contribution is -2.46. The van der Waals surface area contributed by atoms with E-state index in [1.807, 2.05) is 6.07 Å². The lowest BCUT2D eigenvalue weighted by atomic mass is 9.87. The highest BCUT2D eigenvalue weighted by molar-refractivity contribution is 6.33. The molecule has 29 heavy (non-hydrogen) atoms. The SMILES string of the molecule is CC12ON=C(c3c(=O)o[nH][n+]3-c3ccccc3)C1C(=O)N(c1ccccc1)C2=O. The maximum Gasteiger partial charge on any atom is 0.437 e. The van der Waals surface area contributed by atoms with E-state index in [-0.39, 0.29) is 11.4 Å². The summed E-state index contributed by atoms with van der Waals surface area (Å²) in [4.78, 5) is 45.3. The number of hydrogen-bond donors (Lipinski definition) is 1. The number of oxime groups is 1. The van der Waals surface area contributed by atoms with Crippen molar-refractivity contribution in [2.24, 2.45) is 11.1 Å². The fraction of sp³-hybridized carbons (Fsp3) is 0.150. The molecule has 9 nitrogen and oxygen atoms in total. The van der Waals surface area contributed by atoms with Crippen LogP contribution in [0.15, 0.2) is 75.1 Å². The van der Waals surface area contributed by atoms with E-state index < -0.39 is 29.0 Å². The Hall–Kier alpha value is -4.01. The van der Waals surface area contributed by atoms with Gasteiger partial charge in [0.2, 0.25) is 17.2 Å². The number of nitrogens with zero attached hydrogens (tertiary/aromatic N) is 3. The molecular formula is C20H15N4O5+. The van der Waals surface area contributed by atoms with E-state index in [2.05, 4.69) is 10.4 Å². The zero-order valence-corrected chi connectivity index (χ0v) is 15.2. The topological polar surface area (TPSA) is 109 Å². The molecule has 0 spiro atoms. The van der Waals surface area contributed by atoms with Gasteiger partial charge in [-0.05, 0) is 29.0 Å². The molecule has 144 valence electrons. The van der Waals surface area contributed by atoms with E-state index in [0.717, 1.165) is 4.90 Å². The van der Waals surface area contributed by atoms with Crippen LogP contribution in [-0.4, -0.2) is 28.4 Å². The lowest BCUT2D eigenvalue weighted by molar-refractivity contribution is -0.671. The van der Waals surface area contributed by atoms with Gasteiger partial charge in [0.1, 0.15) is 5.92 Å². The molecule has 0 radical (unpaired) electrons. The number of nitrogens with one attached hydrogen (secondary N) is 1. The Balaban J connectivity index is 1.63. The Morgan fingerprint density at radius 2 is 1.69 bits per heavy atom. The molecule has 2 aliphatic rings. The summed E-state index contributed by atoms with van der Waals surface area (Å²) >= 11 is 0. The van der Waals surface area contributed by atoms with Crippen molar-refractivity contribution >= 4 is 23.2 Å². The van der Waals surface area contributed by atoms with E-state index in [1.165, 1.54) is 11.6 Å². The van der Waals surface area contributed by atoms with Crippen LogP contribution in [0.3, 0.4) is 0 Å². The van der Waals surface area contributed by atoms with Crippen molar-refractivity contribution in [3.05, 3.63) is 76.8 Å². The molecule has 1 N–H and O–H groups in total. The van der Waals surface area contributed by atoms with Crippen molar-refractivity contribution < 1.29 is 23.6 Å². The molecule has 3 heterocycles. The average Bonchev–Trinajstić information content (AvgIpc) is 3.35. The van der Waals surface area contributed by atoms with Crippen LogP contribution in [-0.2, 0) is 14.4 Å². The molecule has 0 bridgehead atoms. The third-order valence-corrected chi connectivity index (χ3v) is 5.17. The van der Waals surface area contributed by atoms with Gasteiger partial charge in [0.25, 0.3) is 5.91 Å². The normalized spacial score (nSPS) is 23.1. The maximum absolute atomic E-state index is 13.3. The van der Waals surface area contributed by atoms with Gasteiger partial charge in [-0.2, -0.15) is 0 Å². The average molecular weight is 391 g/mol. The van der Waals surface area contributed by atoms with Crippen LogP contribution in [0.2, 0.25) is 0 Å². The van der Waals surface area contributed by atoms with Gasteiger partial charge >= 0.3 is 11.3 Å². The standard InChI is InChI=1S/C20H14N4O5/c1-20-14(17(25)23(19(20)27)12-8-4-2-5-9-12)15(21-29-20)16-18(26)28-22-24(16)13-10-6-3-7-11-13/h2-11,14H,1H3/p+1. The van der Waals surface area contributed by atoms with Crippen LogP contribution in [0.5, 0.6) is 0 Å². The van der Waals surface area contributed by atoms with Gasteiger partial charge in [-0.25, -0.2) is 9.69 Å². The van der Waals surface area contributed by atoms with E-state index in [4.69, 9.17) is 9.36 Å². The van der Waals surface area contributed by atoms with Crippen LogP contribution >= 0.6 is 0 Å². The highest BCUT2D eigenvalue weighted by Crippen LogP contribution is 2.41. The van der Waals surface area contributed by atoms with Gasteiger partial charge in [-0.1, -0.05) is 41.6 Å². The van der Waals surface area contributed by atoms with Crippen LogP contribution in [0.1, 0.15) is 12.6 Å². The molecule has 0 aliphatic carbocycles. The van der Waals surface area contributed by atoms with Crippen LogP contribution in [0, 0.1) is 5.92 Å². The minimum absolute atomic E-state index is 0.000914. The Morgan fingerprint density at radius 1 is 1.03 bits per heavy atom. The third kappa shape index (κ3) is 2.30. The van der Waals surface area contributed by atoms with Gasteiger partial charge in [0.15, 0.2) is 5.71 Å². The van der Waals surface area contributed by atoms with Gasteiger partial charge in [-0.15, -0.1) is 0 Å². The number of fused-ring (bicyclic) bond motifs is 1. The van der Waals surface area contributed by atoms with Crippen LogP contribution in [0.4, 0.5) is 5.69 Å². The Morgan fingerprint density at radius 3 is 2.38 bits per heavy atom. The van der Waals surface area contributed by atoms with Crippen molar-refractivity contribution in [2.45, 2.75) is 12.5 Å². The summed E-state index contributed by atoms with van der Waals surface area (Å²) in [7, 11) is 0. The van der Waals surface area contributed by atoms with Crippen molar-refractivity contribution in [1.29, 1.82) is 0 Å². The summed E-state index contributed by atoms with van der Waals surface area (Å²) < 4.78 is 6.33. The Kier molecular flexibility index (Phi) is 3.54. The third-order valence-electron chi connectivity index (χ3n) is 5.17. The highest BCUT2D eigenvalue weighted by atomic mass is 16.7. The highest BCUT2D eigenvalue weighted by Gasteiger charge is 2.67. The number of rotatable bonds is 3. The first-order valence-corrected chi connectivity index (χ1v) is 8.91. The largest absolute Gasteiger partial charge is 0.437 e. The number of carbonyl (C=O) groups excluding carboxylic acids is 2. The van der Waals surface area contributed by atoms with E-state index >= 15 is 0 Å². The number of H-pyrrole nitrogens is 1. The number of carbonyl (C=O) groups is 2. The molecular weight excluding hydrogens is 376 g/mol. The summed E-state index contributed by atoms with van der Waals surface area (Å²) in [6.45, 7) is 1.50. The molecule has 2 aliphatic heterocycles. The fourth-order valence-electron chi connectivity index (χ4n) is 3.73. The predicted octanol–water partition coefficient (Wildman–Crippen LogP) is 0.927. The summed E-state index contributed by atoms with van der Waals surface area (Å²) in [6.07, 6.45) is 0. The molecule has 3 aromatic rings. The summed E-state index contributed by atoms with van der Waals surface area (Å²) in [5.41, 5.74) is -1.19.